The molecular weight excluding hydrogens is 262 g/mol. The molecule has 1 amide bonds. The van der Waals surface area contributed by atoms with Crippen molar-refractivity contribution >= 4 is 5.91 Å². The van der Waals surface area contributed by atoms with E-state index in [0.29, 0.717) is 5.92 Å². The van der Waals surface area contributed by atoms with E-state index >= 15 is 0 Å². The topological polar surface area (TPSA) is 52.3 Å². The molecule has 0 unspecified atom stereocenters. The number of ether oxygens (including phenoxy) is 1. The summed E-state index contributed by atoms with van der Waals surface area (Å²) in [6.45, 7) is 4.39. The van der Waals surface area contributed by atoms with Crippen molar-refractivity contribution in [3.05, 3.63) is 29.3 Å². The average molecular weight is 287 g/mol. The second kappa shape index (κ2) is 4.75. The fraction of sp³-hybridized carbons (Fsp3) is 0.611. The summed E-state index contributed by atoms with van der Waals surface area (Å²) in [5.74, 6) is 1.10. The van der Waals surface area contributed by atoms with Gasteiger partial charge in [0.2, 0.25) is 5.91 Å². The van der Waals surface area contributed by atoms with Crippen LogP contribution in [0, 0.1) is 11.3 Å². The molecule has 21 heavy (non-hydrogen) atoms. The third kappa shape index (κ3) is 1.97. The van der Waals surface area contributed by atoms with E-state index in [1.807, 2.05) is 6.07 Å². The van der Waals surface area contributed by atoms with Gasteiger partial charge < -0.3 is 10.5 Å². The van der Waals surface area contributed by atoms with Gasteiger partial charge in [0.15, 0.2) is 0 Å². The number of rotatable bonds is 2. The van der Waals surface area contributed by atoms with Crippen LogP contribution in [0.1, 0.15) is 50.7 Å². The standard InChI is InChI=1S/C18H25NO2/c1-17-9-4-10-18(2,16(19)20)15(17)8-6-12-5-7-13(21-3)11-14(12)17/h5,7,11,15H,4,6,8-10H2,1-3H3,(H2,19,20)/t15-,17+,18-/m1/s1. The Labute approximate surface area is 126 Å². The number of fused-ring (bicyclic) bond motifs is 3. The maximum atomic E-state index is 12.1. The number of primary amides is 1. The minimum Gasteiger partial charge on any atom is -0.497 e. The summed E-state index contributed by atoms with van der Waals surface area (Å²) in [6.07, 6.45) is 5.18. The van der Waals surface area contributed by atoms with Crippen LogP contribution in [0.3, 0.4) is 0 Å². The summed E-state index contributed by atoms with van der Waals surface area (Å²) in [7, 11) is 1.71. The minimum atomic E-state index is -0.381. The second-order valence-electron chi connectivity index (χ2n) is 7.17. The SMILES string of the molecule is COc1ccc2c(c1)[C@]1(C)CCC[C@@](C)(C(N)=O)[C@@H]1CC2. The van der Waals surface area contributed by atoms with Crippen LogP contribution in [0.4, 0.5) is 0 Å². The molecule has 1 saturated carbocycles. The van der Waals surface area contributed by atoms with Crippen molar-refractivity contribution in [3.8, 4) is 5.75 Å². The van der Waals surface area contributed by atoms with Gasteiger partial charge in [-0.15, -0.1) is 0 Å². The predicted molar refractivity (Wildman–Crippen MR) is 83.3 cm³/mol. The molecule has 0 radical (unpaired) electrons. The first-order valence-corrected chi connectivity index (χ1v) is 7.89. The van der Waals surface area contributed by atoms with Gasteiger partial charge in [0.1, 0.15) is 5.75 Å². The lowest BCUT2D eigenvalue weighted by Crippen LogP contribution is -2.54. The zero-order chi connectivity index (χ0) is 15.3. The Morgan fingerprint density at radius 1 is 1.33 bits per heavy atom. The molecule has 2 N–H and O–H groups in total. The molecule has 3 atom stereocenters. The molecule has 1 aromatic rings. The van der Waals surface area contributed by atoms with E-state index in [1.165, 1.54) is 11.1 Å². The highest BCUT2D eigenvalue weighted by Crippen LogP contribution is 2.57. The Hall–Kier alpha value is -1.51. The average Bonchev–Trinajstić information content (AvgIpc) is 2.46. The Kier molecular flexibility index (Phi) is 3.27. The quantitative estimate of drug-likeness (QED) is 0.908. The molecule has 3 heteroatoms. The van der Waals surface area contributed by atoms with Crippen molar-refractivity contribution in [2.75, 3.05) is 7.11 Å². The summed E-state index contributed by atoms with van der Waals surface area (Å²) in [6, 6.07) is 6.40. The normalized spacial score (nSPS) is 34.7. The Bertz CT molecular complexity index is 583. The van der Waals surface area contributed by atoms with Crippen molar-refractivity contribution in [1.82, 2.24) is 0 Å². The number of amides is 1. The lowest BCUT2D eigenvalue weighted by atomic mass is 9.49. The third-order valence-corrected chi connectivity index (χ3v) is 6.13. The number of methoxy groups -OCH3 is 1. The van der Waals surface area contributed by atoms with Gasteiger partial charge >= 0.3 is 0 Å². The van der Waals surface area contributed by atoms with E-state index in [-0.39, 0.29) is 16.7 Å². The number of hydrogen-bond donors (Lipinski definition) is 1. The number of carbonyl (C=O) groups excluding carboxylic acids is 1. The van der Waals surface area contributed by atoms with E-state index in [1.54, 1.807) is 7.11 Å². The number of benzene rings is 1. The second-order valence-corrected chi connectivity index (χ2v) is 7.17. The van der Waals surface area contributed by atoms with Crippen LogP contribution in [-0.4, -0.2) is 13.0 Å². The monoisotopic (exact) mass is 287 g/mol. The summed E-state index contributed by atoms with van der Waals surface area (Å²) in [5.41, 5.74) is 8.20. The summed E-state index contributed by atoms with van der Waals surface area (Å²) < 4.78 is 5.41. The van der Waals surface area contributed by atoms with Gasteiger partial charge in [-0.3, -0.25) is 4.79 Å². The van der Waals surface area contributed by atoms with Crippen molar-refractivity contribution in [3.63, 3.8) is 0 Å². The predicted octanol–water partition coefficient (Wildman–Crippen LogP) is 3.19. The molecule has 0 spiro atoms. The number of hydrogen-bond acceptors (Lipinski definition) is 2. The van der Waals surface area contributed by atoms with Gasteiger partial charge in [0, 0.05) is 5.41 Å². The van der Waals surface area contributed by atoms with Gasteiger partial charge in [-0.05, 0) is 60.3 Å². The maximum Gasteiger partial charge on any atom is 0.223 e. The Morgan fingerprint density at radius 2 is 2.10 bits per heavy atom. The smallest absolute Gasteiger partial charge is 0.223 e. The Morgan fingerprint density at radius 3 is 2.76 bits per heavy atom. The maximum absolute atomic E-state index is 12.1. The molecule has 0 bridgehead atoms. The van der Waals surface area contributed by atoms with E-state index in [4.69, 9.17) is 10.5 Å². The zero-order valence-electron chi connectivity index (χ0n) is 13.2. The van der Waals surface area contributed by atoms with Gasteiger partial charge in [-0.1, -0.05) is 26.3 Å². The third-order valence-electron chi connectivity index (χ3n) is 6.13. The van der Waals surface area contributed by atoms with Crippen LogP contribution >= 0.6 is 0 Å². The molecule has 2 aliphatic rings. The van der Waals surface area contributed by atoms with Gasteiger partial charge in [0.05, 0.1) is 7.11 Å². The van der Waals surface area contributed by atoms with Crippen LogP contribution < -0.4 is 10.5 Å². The van der Waals surface area contributed by atoms with Crippen LogP contribution in [0.5, 0.6) is 5.75 Å². The van der Waals surface area contributed by atoms with Crippen LogP contribution in [0.2, 0.25) is 0 Å². The van der Waals surface area contributed by atoms with Crippen molar-refractivity contribution in [2.24, 2.45) is 17.1 Å². The highest BCUT2D eigenvalue weighted by atomic mass is 16.5. The molecule has 1 fully saturated rings. The fourth-order valence-electron chi connectivity index (χ4n) is 4.86. The first kappa shape index (κ1) is 14.4. The van der Waals surface area contributed by atoms with E-state index < -0.39 is 0 Å². The number of carbonyl (C=O) groups is 1. The number of aryl methyl sites for hydroxylation is 1. The molecule has 0 saturated heterocycles. The minimum absolute atomic E-state index is 0.0319. The molecule has 0 heterocycles. The Balaban J connectivity index is 2.12. The molecule has 0 aromatic heterocycles. The summed E-state index contributed by atoms with van der Waals surface area (Å²) in [5, 5.41) is 0. The largest absolute Gasteiger partial charge is 0.497 e. The molecule has 0 aliphatic heterocycles. The highest BCUT2D eigenvalue weighted by molar-refractivity contribution is 5.81. The molecular formula is C18H25NO2. The van der Waals surface area contributed by atoms with Crippen molar-refractivity contribution < 1.29 is 9.53 Å². The van der Waals surface area contributed by atoms with E-state index in [9.17, 15) is 4.79 Å². The lowest BCUT2D eigenvalue weighted by Gasteiger charge is -2.54. The fourth-order valence-corrected chi connectivity index (χ4v) is 4.86. The van der Waals surface area contributed by atoms with Crippen molar-refractivity contribution in [1.29, 1.82) is 0 Å². The zero-order valence-corrected chi connectivity index (χ0v) is 13.2. The molecule has 1 aromatic carbocycles. The first-order chi connectivity index (χ1) is 9.91. The van der Waals surface area contributed by atoms with Crippen LogP contribution in [0.25, 0.3) is 0 Å². The van der Waals surface area contributed by atoms with E-state index in [2.05, 4.69) is 26.0 Å². The van der Waals surface area contributed by atoms with Crippen LogP contribution in [-0.2, 0) is 16.6 Å². The van der Waals surface area contributed by atoms with E-state index in [0.717, 1.165) is 37.9 Å². The molecule has 3 nitrogen and oxygen atoms in total. The number of nitrogens with two attached hydrogens (primary N) is 1. The lowest BCUT2D eigenvalue weighted by molar-refractivity contribution is -0.135. The summed E-state index contributed by atoms with van der Waals surface area (Å²) >= 11 is 0. The van der Waals surface area contributed by atoms with Gasteiger partial charge in [0.25, 0.3) is 0 Å². The first-order valence-electron chi connectivity index (χ1n) is 7.89. The highest BCUT2D eigenvalue weighted by Gasteiger charge is 2.54. The van der Waals surface area contributed by atoms with Crippen molar-refractivity contribution in [2.45, 2.75) is 51.4 Å². The van der Waals surface area contributed by atoms with Gasteiger partial charge in [-0.25, -0.2) is 0 Å². The molecule has 2 aliphatic carbocycles. The molecule has 114 valence electrons. The van der Waals surface area contributed by atoms with Crippen LogP contribution in [0.15, 0.2) is 18.2 Å². The van der Waals surface area contributed by atoms with Gasteiger partial charge in [-0.2, -0.15) is 0 Å². The molecule has 3 rings (SSSR count). The summed E-state index contributed by atoms with van der Waals surface area (Å²) in [4.78, 5) is 12.1.